The number of hydrogen-bond acceptors (Lipinski definition) is 4. The monoisotopic (exact) mass is 226 g/mol. The second-order valence-electron chi connectivity index (χ2n) is 3.38. The second-order valence-corrected chi connectivity index (χ2v) is 3.38. The number of hydrogen-bond donors (Lipinski definition) is 2. The van der Waals surface area contributed by atoms with Gasteiger partial charge in [0.2, 0.25) is 11.9 Å². The van der Waals surface area contributed by atoms with Crippen molar-refractivity contribution in [3.8, 4) is 0 Å². The van der Waals surface area contributed by atoms with Crippen molar-refractivity contribution in [1.29, 1.82) is 0 Å². The maximum atomic E-state index is 12.5. The zero-order valence-electron chi connectivity index (χ0n) is 9.33. The Morgan fingerprint density at radius 1 is 1.50 bits per heavy atom. The predicted molar refractivity (Wildman–Crippen MR) is 58.4 cm³/mol. The minimum Gasteiger partial charge on any atom is -0.354 e. The Kier molecular flexibility index (Phi) is 4.63. The van der Waals surface area contributed by atoms with Crippen LogP contribution in [-0.2, 0) is 4.79 Å². The van der Waals surface area contributed by atoms with Crippen LogP contribution in [0, 0.1) is 5.82 Å². The third kappa shape index (κ3) is 3.80. The fraction of sp³-hybridized carbons (Fsp3) is 0.500. The summed E-state index contributed by atoms with van der Waals surface area (Å²) in [6.07, 6.45) is 2.98. The molecule has 88 valence electrons. The van der Waals surface area contributed by atoms with E-state index in [4.69, 9.17) is 0 Å². The van der Waals surface area contributed by atoms with Crippen LogP contribution in [0.2, 0.25) is 0 Å². The lowest BCUT2D eigenvalue weighted by Crippen LogP contribution is -2.38. The quantitative estimate of drug-likeness (QED) is 0.784. The van der Waals surface area contributed by atoms with Crippen molar-refractivity contribution >= 4 is 11.9 Å². The summed E-state index contributed by atoms with van der Waals surface area (Å²) in [4.78, 5) is 18.9. The Labute approximate surface area is 93.5 Å². The first-order chi connectivity index (χ1) is 7.63. The highest BCUT2D eigenvalue weighted by molar-refractivity contribution is 5.83. The molecule has 1 heterocycles. The van der Waals surface area contributed by atoms with Crippen LogP contribution < -0.4 is 10.6 Å². The lowest BCUT2D eigenvalue weighted by molar-refractivity contribution is -0.121. The second kappa shape index (κ2) is 5.99. The van der Waals surface area contributed by atoms with E-state index < -0.39 is 11.9 Å². The van der Waals surface area contributed by atoms with E-state index in [1.807, 2.05) is 6.92 Å². The van der Waals surface area contributed by atoms with Gasteiger partial charge < -0.3 is 10.6 Å². The Bertz CT molecular complexity index is 341. The van der Waals surface area contributed by atoms with Crippen LogP contribution >= 0.6 is 0 Å². The summed E-state index contributed by atoms with van der Waals surface area (Å²) >= 11 is 0. The normalized spacial score (nSPS) is 11.9. The van der Waals surface area contributed by atoms with E-state index in [9.17, 15) is 9.18 Å². The Balaban J connectivity index is 2.47. The van der Waals surface area contributed by atoms with E-state index in [2.05, 4.69) is 20.6 Å². The van der Waals surface area contributed by atoms with Crippen molar-refractivity contribution < 1.29 is 9.18 Å². The van der Waals surface area contributed by atoms with Gasteiger partial charge in [0.05, 0.1) is 12.4 Å². The molecule has 0 saturated heterocycles. The van der Waals surface area contributed by atoms with E-state index in [1.165, 1.54) is 0 Å². The summed E-state index contributed by atoms with van der Waals surface area (Å²) in [5, 5.41) is 5.51. The average molecular weight is 226 g/mol. The van der Waals surface area contributed by atoms with Gasteiger partial charge in [0.1, 0.15) is 6.04 Å². The molecule has 0 aliphatic heterocycles. The van der Waals surface area contributed by atoms with E-state index in [0.29, 0.717) is 6.54 Å². The maximum absolute atomic E-state index is 12.5. The van der Waals surface area contributed by atoms with Gasteiger partial charge in [-0.25, -0.2) is 14.4 Å². The number of carbonyl (C=O) groups excluding carboxylic acids is 1. The number of aromatic nitrogens is 2. The van der Waals surface area contributed by atoms with Crippen LogP contribution in [0.1, 0.15) is 20.3 Å². The van der Waals surface area contributed by atoms with Crippen molar-refractivity contribution in [1.82, 2.24) is 15.3 Å². The van der Waals surface area contributed by atoms with Crippen LogP contribution in [0.5, 0.6) is 0 Å². The number of halogens is 1. The topological polar surface area (TPSA) is 66.9 Å². The first-order valence-electron chi connectivity index (χ1n) is 5.15. The first-order valence-corrected chi connectivity index (χ1v) is 5.15. The third-order valence-corrected chi connectivity index (χ3v) is 1.91. The molecule has 0 bridgehead atoms. The summed E-state index contributed by atoms with van der Waals surface area (Å²) in [5.74, 6) is -0.399. The van der Waals surface area contributed by atoms with Gasteiger partial charge in [-0.3, -0.25) is 4.79 Å². The first kappa shape index (κ1) is 12.4. The molecule has 0 radical (unpaired) electrons. The van der Waals surface area contributed by atoms with E-state index in [0.717, 1.165) is 18.8 Å². The molecule has 1 aromatic rings. The number of nitrogens with zero attached hydrogens (tertiary/aromatic N) is 2. The maximum Gasteiger partial charge on any atom is 0.242 e. The number of amides is 1. The molecule has 0 spiro atoms. The average Bonchev–Trinajstić information content (AvgIpc) is 2.29. The van der Waals surface area contributed by atoms with Gasteiger partial charge in [0.15, 0.2) is 5.82 Å². The van der Waals surface area contributed by atoms with Gasteiger partial charge in [0, 0.05) is 6.54 Å². The summed E-state index contributed by atoms with van der Waals surface area (Å²) in [5.41, 5.74) is 0. The fourth-order valence-electron chi connectivity index (χ4n) is 1.05. The summed E-state index contributed by atoms with van der Waals surface area (Å²) < 4.78 is 12.5. The summed E-state index contributed by atoms with van der Waals surface area (Å²) in [6.45, 7) is 4.30. The largest absolute Gasteiger partial charge is 0.354 e. The number of anilines is 1. The molecule has 0 saturated carbocycles. The molecule has 0 aromatic carbocycles. The minimum absolute atomic E-state index is 0.130. The van der Waals surface area contributed by atoms with Crippen molar-refractivity contribution in [2.45, 2.75) is 26.3 Å². The van der Waals surface area contributed by atoms with Crippen LogP contribution in [0.4, 0.5) is 10.3 Å². The van der Waals surface area contributed by atoms with Gasteiger partial charge in [-0.2, -0.15) is 0 Å². The Morgan fingerprint density at radius 2 is 2.12 bits per heavy atom. The molecule has 6 heteroatoms. The van der Waals surface area contributed by atoms with Gasteiger partial charge >= 0.3 is 0 Å². The lowest BCUT2D eigenvalue weighted by Gasteiger charge is -2.13. The highest BCUT2D eigenvalue weighted by atomic mass is 19.1. The van der Waals surface area contributed by atoms with Crippen LogP contribution in [0.15, 0.2) is 12.4 Å². The highest BCUT2D eigenvalue weighted by Gasteiger charge is 2.12. The van der Waals surface area contributed by atoms with Crippen molar-refractivity contribution in [2.24, 2.45) is 0 Å². The van der Waals surface area contributed by atoms with Gasteiger partial charge in [0.25, 0.3) is 0 Å². The molecule has 1 unspecified atom stereocenters. The van der Waals surface area contributed by atoms with Crippen molar-refractivity contribution in [3.63, 3.8) is 0 Å². The number of carbonyl (C=O) groups is 1. The molecule has 5 nitrogen and oxygen atoms in total. The molecular formula is C10H15FN4O. The van der Waals surface area contributed by atoms with Crippen LogP contribution in [0.25, 0.3) is 0 Å². The third-order valence-electron chi connectivity index (χ3n) is 1.91. The molecule has 0 fully saturated rings. The lowest BCUT2D eigenvalue weighted by atomic mass is 10.3. The van der Waals surface area contributed by atoms with Gasteiger partial charge in [-0.05, 0) is 13.3 Å². The van der Waals surface area contributed by atoms with Crippen LogP contribution in [0.3, 0.4) is 0 Å². The zero-order chi connectivity index (χ0) is 12.0. The van der Waals surface area contributed by atoms with Gasteiger partial charge in [-0.1, -0.05) is 6.92 Å². The van der Waals surface area contributed by atoms with Crippen molar-refractivity contribution in [2.75, 3.05) is 11.9 Å². The smallest absolute Gasteiger partial charge is 0.242 e. The number of nitrogens with one attached hydrogen (secondary N) is 2. The molecule has 2 N–H and O–H groups in total. The van der Waals surface area contributed by atoms with E-state index in [-0.39, 0.29) is 11.9 Å². The van der Waals surface area contributed by atoms with E-state index >= 15 is 0 Å². The summed E-state index contributed by atoms with van der Waals surface area (Å²) in [6, 6.07) is -0.447. The van der Waals surface area contributed by atoms with E-state index in [1.54, 1.807) is 6.92 Å². The Hall–Kier alpha value is -1.72. The van der Waals surface area contributed by atoms with Crippen LogP contribution in [-0.4, -0.2) is 28.5 Å². The van der Waals surface area contributed by atoms with Gasteiger partial charge in [-0.15, -0.1) is 0 Å². The molecule has 1 amide bonds. The fourth-order valence-corrected chi connectivity index (χ4v) is 1.05. The SMILES string of the molecule is CCCNC(=O)C(C)Nc1ncc(F)cn1. The standard InChI is InChI=1S/C10H15FN4O/c1-3-4-12-9(16)7(2)15-10-13-5-8(11)6-14-10/h5-7H,3-4H2,1-2H3,(H,12,16)(H,13,14,15). The molecule has 1 rings (SSSR count). The molecule has 1 atom stereocenters. The predicted octanol–water partition coefficient (Wildman–Crippen LogP) is 0.942. The molecule has 0 aliphatic carbocycles. The zero-order valence-corrected chi connectivity index (χ0v) is 9.33. The van der Waals surface area contributed by atoms with Crippen molar-refractivity contribution in [3.05, 3.63) is 18.2 Å². The molecule has 16 heavy (non-hydrogen) atoms. The Morgan fingerprint density at radius 3 is 2.69 bits per heavy atom. The molecule has 1 aromatic heterocycles. The number of rotatable bonds is 5. The molecular weight excluding hydrogens is 211 g/mol. The summed E-state index contributed by atoms with van der Waals surface area (Å²) in [7, 11) is 0. The minimum atomic E-state index is -0.506. The molecule has 0 aliphatic rings. The highest BCUT2D eigenvalue weighted by Crippen LogP contribution is 2.00.